The van der Waals surface area contributed by atoms with Crippen LogP contribution in [0.5, 0.6) is 0 Å². The van der Waals surface area contributed by atoms with E-state index in [1.807, 2.05) is 18.3 Å². The topological polar surface area (TPSA) is 37.8 Å². The van der Waals surface area contributed by atoms with E-state index in [9.17, 15) is 0 Å². The van der Waals surface area contributed by atoms with Gasteiger partial charge in [0.15, 0.2) is 0 Å². The van der Waals surface area contributed by atoms with E-state index in [-0.39, 0.29) is 0 Å². The third-order valence-corrected chi connectivity index (χ3v) is 4.79. The first-order chi connectivity index (χ1) is 9.22. The minimum absolute atomic E-state index is 0.871. The molecule has 0 amide bonds. The van der Waals surface area contributed by atoms with Crippen molar-refractivity contribution in [2.75, 3.05) is 6.54 Å². The van der Waals surface area contributed by atoms with Crippen LogP contribution >= 0.6 is 22.7 Å². The number of thiazole rings is 2. The fraction of sp³-hybridized carbons (Fsp3) is 0.571. The Morgan fingerprint density at radius 3 is 2.74 bits per heavy atom. The Morgan fingerprint density at radius 1 is 1.26 bits per heavy atom. The van der Waals surface area contributed by atoms with Crippen molar-refractivity contribution in [1.82, 2.24) is 15.3 Å². The summed E-state index contributed by atoms with van der Waals surface area (Å²) < 4.78 is 0. The summed E-state index contributed by atoms with van der Waals surface area (Å²) in [6.45, 7) is 8.44. The molecule has 0 saturated carbocycles. The fourth-order valence-electron chi connectivity index (χ4n) is 1.95. The zero-order valence-electron chi connectivity index (χ0n) is 11.8. The molecule has 0 saturated heterocycles. The molecule has 0 aromatic carbocycles. The second-order valence-corrected chi connectivity index (χ2v) is 6.77. The second kappa shape index (κ2) is 7.12. The summed E-state index contributed by atoms with van der Waals surface area (Å²) in [6, 6.07) is 0. The van der Waals surface area contributed by atoms with Crippen LogP contribution in [0.3, 0.4) is 0 Å². The van der Waals surface area contributed by atoms with Crippen LogP contribution in [0.1, 0.15) is 46.5 Å². The monoisotopic (exact) mass is 295 g/mol. The maximum absolute atomic E-state index is 4.76. The lowest BCUT2D eigenvalue weighted by Crippen LogP contribution is -2.13. The van der Waals surface area contributed by atoms with E-state index in [4.69, 9.17) is 4.98 Å². The van der Waals surface area contributed by atoms with Gasteiger partial charge in [-0.1, -0.05) is 13.8 Å². The summed E-state index contributed by atoms with van der Waals surface area (Å²) in [7, 11) is 0. The number of hydrogen-bond donors (Lipinski definition) is 1. The molecule has 0 aliphatic heterocycles. The van der Waals surface area contributed by atoms with E-state index < -0.39 is 0 Å². The minimum atomic E-state index is 0.871. The van der Waals surface area contributed by atoms with Gasteiger partial charge in [0.25, 0.3) is 0 Å². The van der Waals surface area contributed by atoms with Crippen molar-refractivity contribution in [1.29, 1.82) is 0 Å². The number of aryl methyl sites for hydroxylation is 2. The highest BCUT2D eigenvalue weighted by atomic mass is 32.1. The molecule has 0 spiro atoms. The number of rotatable bonds is 7. The van der Waals surface area contributed by atoms with Gasteiger partial charge >= 0.3 is 0 Å². The van der Waals surface area contributed by atoms with Gasteiger partial charge in [-0.2, -0.15) is 0 Å². The average molecular weight is 295 g/mol. The molecule has 19 heavy (non-hydrogen) atoms. The summed E-state index contributed by atoms with van der Waals surface area (Å²) >= 11 is 3.54. The third-order valence-electron chi connectivity index (χ3n) is 2.87. The van der Waals surface area contributed by atoms with Crippen LogP contribution in [0, 0.1) is 6.92 Å². The predicted molar refractivity (Wildman–Crippen MR) is 83.1 cm³/mol. The highest BCUT2D eigenvalue weighted by molar-refractivity contribution is 7.11. The van der Waals surface area contributed by atoms with Crippen molar-refractivity contribution in [3.63, 3.8) is 0 Å². The molecule has 0 radical (unpaired) electrons. The van der Waals surface area contributed by atoms with Crippen molar-refractivity contribution in [3.8, 4) is 0 Å². The van der Waals surface area contributed by atoms with Crippen LogP contribution in [0.2, 0.25) is 0 Å². The number of nitrogens with zero attached hydrogens (tertiary/aromatic N) is 2. The molecule has 2 heterocycles. The summed E-state index contributed by atoms with van der Waals surface area (Å²) in [5, 5.41) is 7.92. The minimum Gasteiger partial charge on any atom is -0.312 e. The fourth-order valence-corrected chi connectivity index (χ4v) is 3.70. The summed E-state index contributed by atoms with van der Waals surface area (Å²) in [6.07, 6.45) is 3.05. The summed E-state index contributed by atoms with van der Waals surface area (Å²) in [5.74, 6) is 0. The van der Waals surface area contributed by atoms with E-state index in [0.717, 1.165) is 36.6 Å². The number of nitrogens with one attached hydrogen (secondary N) is 1. The first-order valence-electron chi connectivity index (χ1n) is 6.82. The van der Waals surface area contributed by atoms with Crippen LogP contribution in [0.25, 0.3) is 0 Å². The van der Waals surface area contributed by atoms with E-state index in [1.165, 1.54) is 22.0 Å². The number of aromatic nitrogens is 2. The molecule has 2 aromatic rings. The van der Waals surface area contributed by atoms with Gasteiger partial charge in [0.2, 0.25) is 0 Å². The number of hydrogen-bond acceptors (Lipinski definition) is 5. The van der Waals surface area contributed by atoms with Crippen LogP contribution in [-0.4, -0.2) is 16.5 Å². The molecule has 0 aliphatic rings. The van der Waals surface area contributed by atoms with E-state index in [2.05, 4.69) is 29.5 Å². The molecule has 0 unspecified atom stereocenters. The SMILES string of the molecule is CCCNCc1sc(Cc2csc(C)n2)nc1CC. The molecule has 1 N–H and O–H groups in total. The average Bonchev–Trinajstić information content (AvgIpc) is 2.97. The highest BCUT2D eigenvalue weighted by Gasteiger charge is 2.11. The third kappa shape index (κ3) is 4.09. The zero-order valence-corrected chi connectivity index (χ0v) is 13.5. The van der Waals surface area contributed by atoms with Crippen LogP contribution < -0.4 is 5.32 Å². The van der Waals surface area contributed by atoms with Gasteiger partial charge < -0.3 is 5.32 Å². The van der Waals surface area contributed by atoms with Gasteiger partial charge in [-0.3, -0.25) is 0 Å². The van der Waals surface area contributed by atoms with Crippen molar-refractivity contribution in [2.24, 2.45) is 0 Å². The Balaban J connectivity index is 2.05. The highest BCUT2D eigenvalue weighted by Crippen LogP contribution is 2.22. The van der Waals surface area contributed by atoms with Crippen LogP contribution in [0.4, 0.5) is 0 Å². The van der Waals surface area contributed by atoms with Crippen LogP contribution in [-0.2, 0) is 19.4 Å². The molecule has 0 aliphatic carbocycles. The van der Waals surface area contributed by atoms with Crippen molar-refractivity contribution in [3.05, 3.63) is 31.7 Å². The standard InChI is InChI=1S/C14H21N3S2/c1-4-6-15-8-13-12(5-2)17-14(19-13)7-11-9-18-10(3)16-11/h9,15H,4-8H2,1-3H3. The molecule has 0 fully saturated rings. The molecule has 2 rings (SSSR count). The van der Waals surface area contributed by atoms with Crippen LogP contribution in [0.15, 0.2) is 5.38 Å². The Kier molecular flexibility index (Phi) is 5.48. The predicted octanol–water partition coefficient (Wildman–Crippen LogP) is 3.56. The first kappa shape index (κ1) is 14.6. The normalized spacial score (nSPS) is 11.1. The zero-order chi connectivity index (χ0) is 13.7. The van der Waals surface area contributed by atoms with E-state index in [0.29, 0.717) is 0 Å². The summed E-state index contributed by atoms with van der Waals surface area (Å²) in [4.78, 5) is 10.7. The lowest BCUT2D eigenvalue weighted by atomic mass is 10.3. The summed E-state index contributed by atoms with van der Waals surface area (Å²) in [5.41, 5.74) is 2.39. The molecule has 104 valence electrons. The molecule has 0 atom stereocenters. The molecular formula is C14H21N3S2. The van der Waals surface area contributed by atoms with Crippen molar-refractivity contribution >= 4 is 22.7 Å². The molecule has 3 nitrogen and oxygen atoms in total. The largest absolute Gasteiger partial charge is 0.312 e. The van der Waals surface area contributed by atoms with Gasteiger partial charge in [-0.25, -0.2) is 9.97 Å². The Hall–Kier alpha value is -0.780. The molecule has 2 aromatic heterocycles. The van der Waals surface area contributed by atoms with Gasteiger partial charge in [-0.05, 0) is 26.3 Å². The van der Waals surface area contributed by atoms with E-state index in [1.54, 1.807) is 11.3 Å². The first-order valence-corrected chi connectivity index (χ1v) is 8.51. The molecular weight excluding hydrogens is 274 g/mol. The van der Waals surface area contributed by atoms with Crippen molar-refractivity contribution < 1.29 is 0 Å². The quantitative estimate of drug-likeness (QED) is 0.794. The maximum Gasteiger partial charge on any atom is 0.0991 e. The van der Waals surface area contributed by atoms with Gasteiger partial charge in [0.1, 0.15) is 0 Å². The maximum atomic E-state index is 4.76. The van der Waals surface area contributed by atoms with Gasteiger partial charge in [-0.15, -0.1) is 22.7 Å². The Labute approximate surface area is 123 Å². The molecule has 0 bridgehead atoms. The second-order valence-electron chi connectivity index (χ2n) is 4.54. The Bertz CT molecular complexity index is 516. The van der Waals surface area contributed by atoms with Gasteiger partial charge in [0, 0.05) is 23.2 Å². The molecule has 5 heteroatoms. The smallest absolute Gasteiger partial charge is 0.0991 e. The van der Waals surface area contributed by atoms with Crippen molar-refractivity contribution in [2.45, 2.75) is 46.6 Å². The Morgan fingerprint density at radius 2 is 2.11 bits per heavy atom. The lowest BCUT2D eigenvalue weighted by Gasteiger charge is -2.01. The van der Waals surface area contributed by atoms with E-state index >= 15 is 0 Å². The lowest BCUT2D eigenvalue weighted by molar-refractivity contribution is 0.676. The van der Waals surface area contributed by atoms with Gasteiger partial charge in [0.05, 0.1) is 21.4 Å².